The molecule has 0 spiro atoms. The molecule has 1 aromatic rings. The number of carboxylic acids is 1. The molecule has 0 radical (unpaired) electrons. The van der Waals surface area contributed by atoms with Gasteiger partial charge in [-0.3, -0.25) is 0 Å². The SMILES string of the molecule is O=C(O)c1ccno1.[LiH]. The molecular weight excluding hydrogens is 117 g/mol. The first-order chi connectivity index (χ1) is 3.80. The Bertz CT molecular complexity index is 184. The molecule has 4 nitrogen and oxygen atoms in total. The third-order valence-electron chi connectivity index (χ3n) is 0.649. The summed E-state index contributed by atoms with van der Waals surface area (Å²) in [5.74, 6) is -1.23. The maximum atomic E-state index is 9.93. The van der Waals surface area contributed by atoms with Gasteiger partial charge in [0.05, 0.1) is 6.20 Å². The predicted molar refractivity (Wildman–Crippen MR) is 30.6 cm³/mol. The molecule has 0 aliphatic rings. The molecular formula is C4H4LiNO3. The molecule has 0 aliphatic carbocycles. The summed E-state index contributed by atoms with van der Waals surface area (Å²) < 4.78 is 4.25. The molecule has 1 aromatic heterocycles. The Morgan fingerprint density at radius 1 is 1.78 bits per heavy atom. The van der Waals surface area contributed by atoms with E-state index < -0.39 is 5.97 Å². The monoisotopic (exact) mass is 121 g/mol. The van der Waals surface area contributed by atoms with Crippen molar-refractivity contribution >= 4 is 24.8 Å². The molecule has 0 saturated carbocycles. The Morgan fingerprint density at radius 2 is 2.44 bits per heavy atom. The van der Waals surface area contributed by atoms with Gasteiger partial charge in [-0.1, -0.05) is 5.16 Å². The van der Waals surface area contributed by atoms with Gasteiger partial charge in [0.2, 0.25) is 5.76 Å². The fourth-order valence-electron chi connectivity index (χ4n) is 0.326. The number of hydrogen-bond donors (Lipinski definition) is 1. The van der Waals surface area contributed by atoms with E-state index in [1.165, 1.54) is 12.3 Å². The van der Waals surface area contributed by atoms with Gasteiger partial charge in [-0.2, -0.15) is 0 Å². The maximum absolute atomic E-state index is 9.93. The number of aromatic nitrogens is 1. The van der Waals surface area contributed by atoms with Crippen LogP contribution in [0.25, 0.3) is 0 Å². The molecule has 0 bridgehead atoms. The molecule has 1 rings (SSSR count). The van der Waals surface area contributed by atoms with Crippen LogP contribution >= 0.6 is 0 Å². The molecule has 0 aliphatic heterocycles. The molecule has 9 heavy (non-hydrogen) atoms. The summed E-state index contributed by atoms with van der Waals surface area (Å²) >= 11 is 0. The van der Waals surface area contributed by atoms with Crippen LogP contribution in [0.3, 0.4) is 0 Å². The summed E-state index contributed by atoms with van der Waals surface area (Å²) in [5.41, 5.74) is 0. The summed E-state index contributed by atoms with van der Waals surface area (Å²) in [4.78, 5) is 9.93. The molecule has 0 atom stereocenters. The van der Waals surface area contributed by atoms with E-state index >= 15 is 0 Å². The molecule has 44 valence electrons. The first-order valence-electron chi connectivity index (χ1n) is 1.94. The van der Waals surface area contributed by atoms with E-state index in [0.29, 0.717) is 0 Å². The van der Waals surface area contributed by atoms with Gasteiger partial charge in [0.15, 0.2) is 0 Å². The third-order valence-corrected chi connectivity index (χ3v) is 0.649. The first-order valence-corrected chi connectivity index (χ1v) is 1.94. The molecule has 0 saturated heterocycles. The van der Waals surface area contributed by atoms with Crippen molar-refractivity contribution in [2.75, 3.05) is 0 Å². The van der Waals surface area contributed by atoms with Crippen molar-refractivity contribution in [2.24, 2.45) is 0 Å². The molecule has 0 aromatic carbocycles. The van der Waals surface area contributed by atoms with Crippen LogP contribution in [0.15, 0.2) is 16.8 Å². The Balaban J connectivity index is 0.000000640. The normalized spacial score (nSPS) is 8.00. The van der Waals surface area contributed by atoms with Crippen molar-refractivity contribution in [1.82, 2.24) is 5.16 Å². The standard InChI is InChI=1S/C4H3NO3.Li.H/c6-4(7)3-1-2-5-8-3;;/h1-2H,(H,6,7);;. The van der Waals surface area contributed by atoms with Crippen LogP contribution in [0.5, 0.6) is 0 Å². The van der Waals surface area contributed by atoms with E-state index in [9.17, 15) is 4.79 Å². The Kier molecular flexibility index (Phi) is 3.06. The van der Waals surface area contributed by atoms with E-state index in [0.717, 1.165) is 0 Å². The van der Waals surface area contributed by atoms with Gasteiger partial charge in [-0.15, -0.1) is 0 Å². The number of carbonyl (C=O) groups is 1. The summed E-state index contributed by atoms with van der Waals surface area (Å²) in [6.07, 6.45) is 1.28. The average molecular weight is 121 g/mol. The van der Waals surface area contributed by atoms with E-state index in [-0.39, 0.29) is 24.6 Å². The Labute approximate surface area is 63.0 Å². The van der Waals surface area contributed by atoms with Crippen LogP contribution in [-0.2, 0) is 0 Å². The van der Waals surface area contributed by atoms with Crippen molar-refractivity contribution in [2.45, 2.75) is 0 Å². The Morgan fingerprint density at radius 3 is 2.67 bits per heavy atom. The zero-order chi connectivity index (χ0) is 5.98. The summed E-state index contributed by atoms with van der Waals surface area (Å²) in [7, 11) is 0. The first kappa shape index (κ1) is 8.28. The van der Waals surface area contributed by atoms with Gasteiger partial charge >= 0.3 is 24.8 Å². The van der Waals surface area contributed by atoms with Crippen molar-refractivity contribution in [3.05, 3.63) is 18.0 Å². The predicted octanol–water partition coefficient (Wildman–Crippen LogP) is -0.276. The summed E-state index contributed by atoms with van der Waals surface area (Å²) in [6, 6.07) is 1.28. The van der Waals surface area contributed by atoms with Gasteiger partial charge in [-0.25, -0.2) is 4.79 Å². The molecule has 1 N–H and O–H groups in total. The van der Waals surface area contributed by atoms with E-state index in [1.807, 2.05) is 0 Å². The van der Waals surface area contributed by atoms with Crippen LogP contribution in [0.4, 0.5) is 0 Å². The molecule has 1 heterocycles. The fraction of sp³-hybridized carbons (Fsp3) is 0. The summed E-state index contributed by atoms with van der Waals surface area (Å²) in [5, 5.41) is 11.3. The van der Waals surface area contributed by atoms with Crippen molar-refractivity contribution in [1.29, 1.82) is 0 Å². The van der Waals surface area contributed by atoms with Gasteiger partial charge in [-0.05, 0) is 0 Å². The molecule has 5 heteroatoms. The van der Waals surface area contributed by atoms with E-state index in [4.69, 9.17) is 5.11 Å². The topological polar surface area (TPSA) is 63.3 Å². The van der Waals surface area contributed by atoms with Gasteiger partial charge in [0.1, 0.15) is 0 Å². The van der Waals surface area contributed by atoms with Crippen molar-refractivity contribution in [3.63, 3.8) is 0 Å². The molecule has 0 unspecified atom stereocenters. The second-order valence-electron chi connectivity index (χ2n) is 1.18. The summed E-state index contributed by atoms with van der Waals surface area (Å²) in [6.45, 7) is 0. The quantitative estimate of drug-likeness (QED) is 0.519. The van der Waals surface area contributed by atoms with Gasteiger partial charge in [0.25, 0.3) is 0 Å². The third kappa shape index (κ3) is 1.92. The molecule has 0 amide bonds. The zero-order valence-electron chi connectivity index (χ0n) is 3.87. The Hall–Kier alpha value is -0.723. The number of rotatable bonds is 1. The van der Waals surface area contributed by atoms with E-state index in [2.05, 4.69) is 9.68 Å². The van der Waals surface area contributed by atoms with Crippen molar-refractivity contribution in [3.8, 4) is 0 Å². The number of nitrogens with zero attached hydrogens (tertiary/aromatic N) is 1. The van der Waals surface area contributed by atoms with Gasteiger partial charge in [0, 0.05) is 6.07 Å². The van der Waals surface area contributed by atoms with Crippen LogP contribution in [0.1, 0.15) is 10.6 Å². The van der Waals surface area contributed by atoms with Gasteiger partial charge < -0.3 is 9.63 Å². The second-order valence-corrected chi connectivity index (χ2v) is 1.18. The minimum atomic E-state index is -1.09. The van der Waals surface area contributed by atoms with E-state index in [1.54, 1.807) is 0 Å². The van der Waals surface area contributed by atoms with Crippen molar-refractivity contribution < 1.29 is 14.4 Å². The second kappa shape index (κ2) is 3.33. The minimum absolute atomic E-state index is 0. The fourth-order valence-corrected chi connectivity index (χ4v) is 0.326. The number of aromatic carboxylic acids is 1. The number of hydrogen-bond acceptors (Lipinski definition) is 3. The van der Waals surface area contributed by atoms with Crippen LogP contribution in [-0.4, -0.2) is 35.1 Å². The average Bonchev–Trinajstić information content (AvgIpc) is 2.12. The number of carboxylic acid groups (broad SMARTS) is 1. The zero-order valence-corrected chi connectivity index (χ0v) is 3.87. The van der Waals surface area contributed by atoms with Crippen LogP contribution in [0, 0.1) is 0 Å². The molecule has 0 fully saturated rings. The van der Waals surface area contributed by atoms with Crippen LogP contribution in [0.2, 0.25) is 0 Å². The van der Waals surface area contributed by atoms with Crippen LogP contribution < -0.4 is 0 Å².